The first-order valence-electron chi connectivity index (χ1n) is 7.94. The van der Waals surface area contributed by atoms with Gasteiger partial charge in [-0.2, -0.15) is 10.1 Å². The minimum Gasteiger partial charge on any atom is -0.474 e. The summed E-state index contributed by atoms with van der Waals surface area (Å²) in [4.78, 5) is 16.5. The van der Waals surface area contributed by atoms with Crippen LogP contribution < -0.4 is 4.74 Å². The summed E-state index contributed by atoms with van der Waals surface area (Å²) in [5.74, 6) is -0.113. The van der Waals surface area contributed by atoms with Gasteiger partial charge in [0.2, 0.25) is 5.88 Å². The van der Waals surface area contributed by atoms with Crippen molar-refractivity contribution in [2.45, 2.75) is 43.4 Å². The van der Waals surface area contributed by atoms with Crippen LogP contribution in [-0.4, -0.2) is 46.7 Å². The molecule has 2 saturated carbocycles. The second kappa shape index (κ2) is 4.44. The molecule has 0 N–H and O–H groups in total. The summed E-state index contributed by atoms with van der Waals surface area (Å²) >= 11 is 0. The first-order chi connectivity index (χ1) is 11.2. The lowest BCUT2D eigenvalue weighted by molar-refractivity contribution is 0.0595. The van der Waals surface area contributed by atoms with Gasteiger partial charge in [-0.3, -0.25) is 4.68 Å². The lowest BCUT2D eigenvalue weighted by Gasteiger charge is -2.35. The number of pyridine rings is 1. The fraction of sp³-hybridized carbons (Fsp3) is 0.562. The Balaban J connectivity index is 1.59. The van der Waals surface area contributed by atoms with Crippen molar-refractivity contribution >= 4 is 17.0 Å². The summed E-state index contributed by atoms with van der Waals surface area (Å²) in [6.07, 6.45) is 6.45. The summed E-state index contributed by atoms with van der Waals surface area (Å²) in [6, 6.07) is 1.76. The summed E-state index contributed by atoms with van der Waals surface area (Å²) in [6.45, 7) is 0.695. The van der Waals surface area contributed by atoms with Crippen LogP contribution in [0.5, 0.6) is 5.88 Å². The molecule has 4 fully saturated rings. The van der Waals surface area contributed by atoms with E-state index in [1.165, 1.54) is 7.11 Å². The molecule has 2 aliphatic heterocycles. The minimum absolute atomic E-state index is 0.0334. The van der Waals surface area contributed by atoms with Crippen LogP contribution >= 0.6 is 0 Å². The van der Waals surface area contributed by atoms with Gasteiger partial charge < -0.3 is 14.2 Å². The molecule has 6 rings (SSSR count). The third kappa shape index (κ3) is 1.96. The Morgan fingerprint density at radius 2 is 2.26 bits per heavy atom. The van der Waals surface area contributed by atoms with Gasteiger partial charge in [-0.25, -0.2) is 4.79 Å². The maximum Gasteiger partial charge on any atom is 0.343 e. The van der Waals surface area contributed by atoms with Crippen molar-refractivity contribution in [2.24, 2.45) is 0 Å². The molecule has 7 heteroatoms. The number of methoxy groups -OCH3 is 1. The molecule has 4 heterocycles. The third-order valence-corrected chi connectivity index (χ3v) is 4.96. The molecule has 2 aromatic rings. The van der Waals surface area contributed by atoms with Gasteiger partial charge in [0.15, 0.2) is 5.65 Å². The summed E-state index contributed by atoms with van der Waals surface area (Å²) in [7, 11) is 1.36. The monoisotopic (exact) mass is 315 g/mol. The molecule has 0 amide bonds. The molecule has 0 atom stereocenters. The predicted molar refractivity (Wildman–Crippen MR) is 79.5 cm³/mol. The molecule has 0 unspecified atom stereocenters. The first-order valence-corrected chi connectivity index (χ1v) is 7.94. The van der Waals surface area contributed by atoms with Crippen molar-refractivity contribution in [1.82, 2.24) is 14.8 Å². The van der Waals surface area contributed by atoms with Gasteiger partial charge in [0, 0.05) is 24.4 Å². The zero-order chi connectivity index (χ0) is 15.6. The second-order valence-corrected chi connectivity index (χ2v) is 6.70. The van der Waals surface area contributed by atoms with Crippen LogP contribution in [0.4, 0.5) is 0 Å². The van der Waals surface area contributed by atoms with E-state index in [9.17, 15) is 4.79 Å². The van der Waals surface area contributed by atoms with E-state index in [2.05, 4.69) is 10.1 Å². The molecule has 2 bridgehead atoms. The molecular formula is C16H17N3O4. The van der Waals surface area contributed by atoms with E-state index >= 15 is 0 Å². The molecule has 4 aliphatic rings. The highest BCUT2D eigenvalue weighted by Gasteiger charge is 2.54. The number of carbonyl (C=O) groups excluding carboxylic acids is 1. The molecule has 7 nitrogen and oxygen atoms in total. The summed E-state index contributed by atoms with van der Waals surface area (Å²) in [5.41, 5.74) is 0.921. The van der Waals surface area contributed by atoms with Crippen LogP contribution in [0.25, 0.3) is 11.0 Å². The van der Waals surface area contributed by atoms with E-state index < -0.39 is 5.97 Å². The van der Waals surface area contributed by atoms with Gasteiger partial charge in [0.1, 0.15) is 11.7 Å². The van der Waals surface area contributed by atoms with Crippen LogP contribution in [0.3, 0.4) is 0 Å². The number of rotatable bonds is 4. The number of hydrogen-bond acceptors (Lipinski definition) is 6. The van der Waals surface area contributed by atoms with Gasteiger partial charge >= 0.3 is 5.97 Å². The van der Waals surface area contributed by atoms with Crippen LogP contribution in [0, 0.1) is 0 Å². The van der Waals surface area contributed by atoms with Gasteiger partial charge in [0.25, 0.3) is 0 Å². The number of hydrogen-bond donors (Lipinski definition) is 0. The molecule has 23 heavy (non-hydrogen) atoms. The summed E-state index contributed by atoms with van der Waals surface area (Å²) in [5, 5.41) is 5.43. The molecular weight excluding hydrogens is 298 g/mol. The van der Waals surface area contributed by atoms with E-state index in [1.54, 1.807) is 6.07 Å². The van der Waals surface area contributed by atoms with Gasteiger partial charge in [-0.15, -0.1) is 0 Å². The molecule has 2 aliphatic carbocycles. The van der Waals surface area contributed by atoms with Crippen molar-refractivity contribution in [1.29, 1.82) is 0 Å². The van der Waals surface area contributed by atoms with Gasteiger partial charge in [-0.05, 0) is 18.9 Å². The van der Waals surface area contributed by atoms with Crippen molar-refractivity contribution in [3.05, 3.63) is 17.8 Å². The number of aromatic nitrogens is 3. The van der Waals surface area contributed by atoms with Crippen molar-refractivity contribution in [3.63, 3.8) is 0 Å². The number of carbonyl (C=O) groups is 1. The molecule has 0 radical (unpaired) electrons. The van der Waals surface area contributed by atoms with E-state index in [-0.39, 0.29) is 11.6 Å². The van der Waals surface area contributed by atoms with Crippen LogP contribution in [-0.2, 0) is 15.0 Å². The highest BCUT2D eigenvalue weighted by molar-refractivity contribution is 5.95. The SMILES string of the molecule is COC(=O)c1cc2cn(C34COC(C3)C4)nc2nc1OC1CC1. The van der Waals surface area contributed by atoms with Crippen molar-refractivity contribution in [2.75, 3.05) is 13.7 Å². The zero-order valence-electron chi connectivity index (χ0n) is 12.8. The van der Waals surface area contributed by atoms with E-state index in [4.69, 9.17) is 14.2 Å². The standard InChI is InChI=1S/C16H17N3O4/c1-21-15(20)12-4-9-7-19(16-5-11(6-16)22-8-16)18-13(9)17-14(12)23-10-2-3-10/h4,7,10-11H,2-3,5-6,8H2,1H3. The highest BCUT2D eigenvalue weighted by atomic mass is 16.5. The molecule has 0 aromatic carbocycles. The van der Waals surface area contributed by atoms with Crippen molar-refractivity contribution < 1.29 is 19.0 Å². The minimum atomic E-state index is -0.436. The van der Waals surface area contributed by atoms with E-state index in [0.717, 1.165) is 31.1 Å². The number of fused-ring (bicyclic) bond motifs is 2. The maximum atomic E-state index is 12.0. The molecule has 2 saturated heterocycles. The van der Waals surface area contributed by atoms with Crippen LogP contribution in [0.1, 0.15) is 36.0 Å². The quantitative estimate of drug-likeness (QED) is 0.799. The van der Waals surface area contributed by atoms with E-state index in [1.807, 2.05) is 10.9 Å². The average Bonchev–Trinajstić information content (AvgIpc) is 2.96. The maximum absolute atomic E-state index is 12.0. The topological polar surface area (TPSA) is 75.5 Å². The average molecular weight is 315 g/mol. The molecule has 0 spiro atoms. The fourth-order valence-corrected chi connectivity index (χ4v) is 3.42. The Kier molecular flexibility index (Phi) is 2.57. The van der Waals surface area contributed by atoms with Gasteiger partial charge in [0.05, 0.1) is 25.4 Å². The smallest absolute Gasteiger partial charge is 0.343 e. The Bertz CT molecular complexity index is 799. The van der Waals surface area contributed by atoms with Crippen LogP contribution in [0.15, 0.2) is 12.3 Å². The fourth-order valence-electron chi connectivity index (χ4n) is 3.42. The Hall–Kier alpha value is -2.15. The number of esters is 1. The lowest BCUT2D eigenvalue weighted by Crippen LogP contribution is -2.43. The van der Waals surface area contributed by atoms with Crippen molar-refractivity contribution in [3.8, 4) is 5.88 Å². The van der Waals surface area contributed by atoms with Crippen LogP contribution in [0.2, 0.25) is 0 Å². The first kappa shape index (κ1) is 13.3. The Morgan fingerprint density at radius 3 is 2.91 bits per heavy atom. The predicted octanol–water partition coefficient (Wildman–Crippen LogP) is 1.65. The largest absolute Gasteiger partial charge is 0.474 e. The second-order valence-electron chi connectivity index (χ2n) is 6.70. The van der Waals surface area contributed by atoms with Gasteiger partial charge in [-0.1, -0.05) is 0 Å². The highest BCUT2D eigenvalue weighted by Crippen LogP contribution is 2.48. The molecule has 2 aromatic heterocycles. The Morgan fingerprint density at radius 1 is 1.43 bits per heavy atom. The molecule has 120 valence electrons. The third-order valence-electron chi connectivity index (χ3n) is 4.96. The lowest BCUT2D eigenvalue weighted by atomic mass is 9.78. The zero-order valence-corrected chi connectivity index (χ0v) is 12.8. The Labute approximate surface area is 132 Å². The summed E-state index contributed by atoms with van der Waals surface area (Å²) < 4.78 is 18.2. The number of ether oxygens (including phenoxy) is 3. The number of nitrogens with zero attached hydrogens (tertiary/aromatic N) is 3. The van der Waals surface area contributed by atoms with E-state index in [0.29, 0.717) is 29.8 Å². The normalized spacial score (nSPS) is 28.7.